The van der Waals surface area contributed by atoms with Gasteiger partial charge in [-0.2, -0.15) is 5.10 Å². The number of nitrogens with zero attached hydrogens (tertiary/aromatic N) is 2. The highest BCUT2D eigenvalue weighted by Gasteiger charge is 2.29. The maximum atomic E-state index is 11.7. The van der Waals surface area contributed by atoms with Crippen molar-refractivity contribution in [3.8, 4) is 0 Å². The summed E-state index contributed by atoms with van der Waals surface area (Å²) in [6.45, 7) is -0.0142. The largest absolute Gasteiger partial charge is 0.451 e. The van der Waals surface area contributed by atoms with Gasteiger partial charge in [0, 0.05) is 24.6 Å². The molecule has 3 rings (SSSR count). The van der Waals surface area contributed by atoms with Gasteiger partial charge in [0.15, 0.2) is 12.3 Å². The lowest BCUT2D eigenvalue weighted by Gasteiger charge is -2.12. The Labute approximate surface area is 115 Å². The molecule has 1 aliphatic heterocycles. The zero-order chi connectivity index (χ0) is 14.1. The number of aromatic amines is 1. The van der Waals surface area contributed by atoms with E-state index in [-0.39, 0.29) is 11.6 Å². The van der Waals surface area contributed by atoms with E-state index in [0.29, 0.717) is 25.3 Å². The zero-order valence-electron chi connectivity index (χ0n) is 10.9. The monoisotopic (exact) mass is 277 g/mol. The molecule has 1 saturated heterocycles. The number of esters is 1. The van der Waals surface area contributed by atoms with Gasteiger partial charge in [0.05, 0.1) is 0 Å². The fourth-order valence-corrected chi connectivity index (χ4v) is 2.24. The number of hydrogen-bond acceptors (Lipinski definition) is 5. The number of nitrogens with one attached hydrogen (secondary N) is 1. The van der Waals surface area contributed by atoms with Gasteiger partial charge in [-0.3, -0.25) is 19.6 Å². The molecule has 20 heavy (non-hydrogen) atoms. The van der Waals surface area contributed by atoms with Gasteiger partial charge in [-0.05, 0) is 25.3 Å². The number of amides is 2. The summed E-state index contributed by atoms with van der Waals surface area (Å²) in [6.07, 6.45) is 3.25. The molecule has 7 nitrogen and oxygen atoms in total. The van der Waals surface area contributed by atoms with Crippen molar-refractivity contribution in [2.75, 3.05) is 13.2 Å². The fraction of sp³-hybridized carbons (Fsp3) is 0.538. The molecule has 0 atom stereocenters. The average Bonchev–Trinajstić information content (AvgIpc) is 3.00. The second kappa shape index (κ2) is 5.07. The van der Waals surface area contributed by atoms with Crippen LogP contribution < -0.4 is 0 Å². The first-order valence-corrected chi connectivity index (χ1v) is 6.71. The van der Waals surface area contributed by atoms with Gasteiger partial charge in [0.1, 0.15) is 0 Å². The van der Waals surface area contributed by atoms with Crippen molar-refractivity contribution in [1.29, 1.82) is 0 Å². The van der Waals surface area contributed by atoms with Crippen molar-refractivity contribution >= 4 is 17.8 Å². The van der Waals surface area contributed by atoms with Gasteiger partial charge in [-0.1, -0.05) is 0 Å². The predicted molar refractivity (Wildman–Crippen MR) is 66.8 cm³/mol. The third-order valence-corrected chi connectivity index (χ3v) is 3.53. The Kier molecular flexibility index (Phi) is 3.25. The predicted octanol–water partition coefficient (Wildman–Crippen LogP) is 0.593. The van der Waals surface area contributed by atoms with Crippen molar-refractivity contribution in [3.05, 3.63) is 17.5 Å². The first kappa shape index (κ1) is 12.8. The molecule has 1 saturated carbocycles. The number of imide groups is 1. The molecule has 0 unspecified atom stereocenters. The summed E-state index contributed by atoms with van der Waals surface area (Å²) in [5, 5.41) is 6.67. The molecule has 7 heteroatoms. The zero-order valence-corrected chi connectivity index (χ0v) is 10.9. The summed E-state index contributed by atoms with van der Waals surface area (Å²) in [5.41, 5.74) is 1.10. The van der Waals surface area contributed by atoms with E-state index >= 15 is 0 Å². The van der Waals surface area contributed by atoms with E-state index in [1.165, 1.54) is 0 Å². The van der Waals surface area contributed by atoms with Crippen molar-refractivity contribution in [3.63, 3.8) is 0 Å². The lowest BCUT2D eigenvalue weighted by atomic mass is 10.3. The van der Waals surface area contributed by atoms with E-state index in [9.17, 15) is 14.4 Å². The molecule has 1 aliphatic carbocycles. The summed E-state index contributed by atoms with van der Waals surface area (Å²) in [4.78, 5) is 36.0. The van der Waals surface area contributed by atoms with Crippen molar-refractivity contribution in [1.82, 2.24) is 15.1 Å². The maximum Gasteiger partial charge on any atom is 0.359 e. The van der Waals surface area contributed by atoms with Gasteiger partial charge in [0.2, 0.25) is 5.91 Å². The van der Waals surface area contributed by atoms with Crippen LogP contribution >= 0.6 is 0 Å². The molecule has 0 aromatic carbocycles. The molecule has 2 amide bonds. The molecule has 1 aromatic rings. The Morgan fingerprint density at radius 3 is 2.90 bits per heavy atom. The van der Waals surface area contributed by atoms with E-state index in [1.54, 1.807) is 6.07 Å². The summed E-state index contributed by atoms with van der Waals surface area (Å²) < 4.78 is 4.90. The Balaban J connectivity index is 1.53. The van der Waals surface area contributed by atoms with Crippen LogP contribution in [0.2, 0.25) is 0 Å². The molecular weight excluding hydrogens is 262 g/mol. The highest BCUT2D eigenvalue weighted by molar-refractivity contribution is 5.98. The quantitative estimate of drug-likeness (QED) is 0.813. The highest BCUT2D eigenvalue weighted by atomic mass is 16.5. The van der Waals surface area contributed by atoms with Crippen LogP contribution in [0, 0.1) is 0 Å². The number of hydrogen-bond donors (Lipinski definition) is 1. The third kappa shape index (κ3) is 2.56. The minimum absolute atomic E-state index is 0.174. The Morgan fingerprint density at radius 1 is 1.45 bits per heavy atom. The van der Waals surface area contributed by atoms with E-state index in [1.807, 2.05) is 0 Å². The van der Waals surface area contributed by atoms with Crippen LogP contribution in [-0.4, -0.2) is 46.0 Å². The van der Waals surface area contributed by atoms with E-state index in [2.05, 4.69) is 10.2 Å². The SMILES string of the molecule is O=C(OCC(=O)N1CCCC1=O)c1cc(C2CC2)[nH]n1. The van der Waals surface area contributed by atoms with Gasteiger partial charge in [0.25, 0.3) is 5.91 Å². The molecule has 106 valence electrons. The lowest BCUT2D eigenvalue weighted by Crippen LogP contribution is -2.35. The van der Waals surface area contributed by atoms with E-state index < -0.39 is 18.5 Å². The van der Waals surface area contributed by atoms with Crippen molar-refractivity contribution < 1.29 is 19.1 Å². The van der Waals surface area contributed by atoms with Gasteiger partial charge in [-0.25, -0.2) is 4.79 Å². The van der Waals surface area contributed by atoms with Crippen LogP contribution in [0.15, 0.2) is 6.07 Å². The van der Waals surface area contributed by atoms with E-state index in [0.717, 1.165) is 23.4 Å². The molecule has 0 spiro atoms. The van der Waals surface area contributed by atoms with E-state index in [4.69, 9.17) is 4.74 Å². The number of likely N-dealkylation sites (tertiary alicyclic amines) is 1. The van der Waals surface area contributed by atoms with Gasteiger partial charge in [-0.15, -0.1) is 0 Å². The molecule has 2 aliphatic rings. The van der Waals surface area contributed by atoms with Crippen molar-refractivity contribution in [2.45, 2.75) is 31.6 Å². The topological polar surface area (TPSA) is 92.4 Å². The number of H-pyrrole nitrogens is 1. The molecule has 0 bridgehead atoms. The molecular formula is C13H15N3O4. The molecule has 2 fully saturated rings. The minimum atomic E-state index is -0.645. The maximum absolute atomic E-state index is 11.7. The number of ether oxygens (including phenoxy) is 1. The van der Waals surface area contributed by atoms with Gasteiger partial charge >= 0.3 is 5.97 Å². The molecule has 1 N–H and O–H groups in total. The normalized spacial score (nSPS) is 18.4. The smallest absolute Gasteiger partial charge is 0.359 e. The van der Waals surface area contributed by atoms with Crippen LogP contribution in [0.1, 0.15) is 47.8 Å². The fourth-order valence-electron chi connectivity index (χ4n) is 2.24. The number of aromatic nitrogens is 2. The summed E-state index contributed by atoms with van der Waals surface area (Å²) in [5.74, 6) is -0.860. The lowest BCUT2D eigenvalue weighted by molar-refractivity contribution is -0.143. The third-order valence-electron chi connectivity index (χ3n) is 3.53. The second-order valence-corrected chi connectivity index (χ2v) is 5.10. The second-order valence-electron chi connectivity index (χ2n) is 5.10. The Hall–Kier alpha value is -2.18. The van der Waals surface area contributed by atoms with Crippen LogP contribution in [0.4, 0.5) is 0 Å². The number of rotatable bonds is 4. The van der Waals surface area contributed by atoms with Crippen LogP contribution in [0.25, 0.3) is 0 Å². The molecule has 2 heterocycles. The highest BCUT2D eigenvalue weighted by Crippen LogP contribution is 2.39. The standard InChI is InChI=1S/C13H15N3O4/c17-11-2-1-5-16(11)12(18)7-20-13(19)10-6-9(14-15-10)8-3-4-8/h6,8H,1-5,7H2,(H,14,15). The minimum Gasteiger partial charge on any atom is -0.451 e. The first-order chi connectivity index (χ1) is 9.65. The van der Waals surface area contributed by atoms with Gasteiger partial charge < -0.3 is 4.74 Å². The van der Waals surface area contributed by atoms with Crippen LogP contribution in [0.5, 0.6) is 0 Å². The van der Waals surface area contributed by atoms with Crippen LogP contribution in [0.3, 0.4) is 0 Å². The summed E-state index contributed by atoms with van der Waals surface area (Å²) in [7, 11) is 0. The molecule has 1 aromatic heterocycles. The first-order valence-electron chi connectivity index (χ1n) is 6.71. The van der Waals surface area contributed by atoms with Crippen molar-refractivity contribution in [2.24, 2.45) is 0 Å². The average molecular weight is 277 g/mol. The molecule has 0 radical (unpaired) electrons. The summed E-state index contributed by atoms with van der Waals surface area (Å²) >= 11 is 0. The Morgan fingerprint density at radius 2 is 2.25 bits per heavy atom. The van der Waals surface area contributed by atoms with Crippen LogP contribution in [-0.2, 0) is 14.3 Å². The number of carbonyl (C=O) groups is 3. The number of carbonyl (C=O) groups excluding carboxylic acids is 3. The Bertz CT molecular complexity index is 562. The summed E-state index contributed by atoms with van der Waals surface area (Å²) in [6, 6.07) is 1.66.